The Morgan fingerprint density at radius 3 is 2.63 bits per heavy atom. The Morgan fingerprint density at radius 1 is 1.15 bits per heavy atom. The van der Waals surface area contributed by atoms with E-state index in [4.69, 9.17) is 23.2 Å². The molecule has 144 valence electrons. The van der Waals surface area contributed by atoms with Crippen LogP contribution in [0.25, 0.3) is 0 Å². The number of piperazine rings is 1. The summed E-state index contributed by atoms with van der Waals surface area (Å²) < 4.78 is 0. The van der Waals surface area contributed by atoms with E-state index < -0.39 is 0 Å². The molecule has 0 atom stereocenters. The number of aromatic nitrogens is 2. The third kappa shape index (κ3) is 5.37. The fourth-order valence-electron chi connectivity index (χ4n) is 2.92. The van der Waals surface area contributed by atoms with E-state index in [9.17, 15) is 0 Å². The molecule has 1 aliphatic rings. The van der Waals surface area contributed by atoms with Gasteiger partial charge in [-0.3, -0.25) is 4.99 Å². The van der Waals surface area contributed by atoms with Crippen LogP contribution >= 0.6 is 23.2 Å². The van der Waals surface area contributed by atoms with Crippen LogP contribution in [-0.4, -0.2) is 67.1 Å². The largest absolute Gasteiger partial charge is 0.367 e. The fourth-order valence-corrected chi connectivity index (χ4v) is 3.37. The number of halogens is 2. The van der Waals surface area contributed by atoms with Gasteiger partial charge < -0.3 is 20.4 Å². The minimum Gasteiger partial charge on any atom is -0.367 e. The van der Waals surface area contributed by atoms with Gasteiger partial charge in [0.05, 0.1) is 10.0 Å². The van der Waals surface area contributed by atoms with Gasteiger partial charge in [-0.25, -0.2) is 9.97 Å². The molecule has 1 aliphatic heterocycles. The highest BCUT2D eigenvalue weighted by Crippen LogP contribution is 2.22. The monoisotopic (exact) mass is 407 g/mol. The molecule has 0 amide bonds. The van der Waals surface area contributed by atoms with Gasteiger partial charge in [0, 0.05) is 58.7 Å². The number of guanidine groups is 1. The van der Waals surface area contributed by atoms with Gasteiger partial charge in [-0.15, -0.1) is 0 Å². The molecular formula is C18H23Cl2N7. The maximum absolute atomic E-state index is 6.11. The van der Waals surface area contributed by atoms with Gasteiger partial charge in [-0.05, 0) is 18.2 Å². The molecule has 0 bridgehead atoms. The molecule has 1 fully saturated rings. The number of rotatable bonds is 5. The van der Waals surface area contributed by atoms with E-state index in [-0.39, 0.29) is 0 Å². The molecule has 0 spiro atoms. The van der Waals surface area contributed by atoms with Crippen molar-refractivity contribution in [2.24, 2.45) is 4.99 Å². The third-order valence-electron chi connectivity index (χ3n) is 4.27. The first-order valence-corrected chi connectivity index (χ1v) is 9.59. The number of hydrogen-bond acceptors (Lipinski definition) is 5. The number of pyridine rings is 2. The Balaban J connectivity index is 1.43. The number of nitrogens with one attached hydrogen (secondary N) is 2. The first kappa shape index (κ1) is 19.5. The highest BCUT2D eigenvalue weighted by Gasteiger charge is 2.20. The van der Waals surface area contributed by atoms with E-state index >= 15 is 0 Å². The zero-order valence-electron chi connectivity index (χ0n) is 15.2. The lowest BCUT2D eigenvalue weighted by atomic mass is 10.3. The Bertz CT molecular complexity index is 762. The lowest BCUT2D eigenvalue weighted by Crippen LogP contribution is -2.53. The zero-order chi connectivity index (χ0) is 19.1. The summed E-state index contributed by atoms with van der Waals surface area (Å²) >= 11 is 12.0. The Hall–Kier alpha value is -2.25. The standard InChI is InChI=1S/C18H23Cl2N7/c1-21-18(24-7-6-23-17-15(20)12-14(19)13-25-17)27-10-8-26(9-11-27)16-4-2-3-5-22-16/h2-5,12-13H,6-11H2,1H3,(H,21,24)(H,23,25). The van der Waals surface area contributed by atoms with Crippen molar-refractivity contribution in [3.63, 3.8) is 0 Å². The maximum atomic E-state index is 6.11. The van der Waals surface area contributed by atoms with Crippen LogP contribution in [0, 0.1) is 0 Å². The van der Waals surface area contributed by atoms with Crippen molar-refractivity contribution < 1.29 is 0 Å². The van der Waals surface area contributed by atoms with Crippen LogP contribution in [0.1, 0.15) is 0 Å². The molecule has 2 aromatic rings. The van der Waals surface area contributed by atoms with Crippen LogP contribution in [0.15, 0.2) is 41.7 Å². The van der Waals surface area contributed by atoms with Crippen molar-refractivity contribution in [2.75, 3.05) is 56.5 Å². The summed E-state index contributed by atoms with van der Waals surface area (Å²) in [4.78, 5) is 17.6. The van der Waals surface area contributed by atoms with Crippen molar-refractivity contribution in [3.05, 3.63) is 46.7 Å². The van der Waals surface area contributed by atoms with Gasteiger partial charge in [-0.1, -0.05) is 29.3 Å². The van der Waals surface area contributed by atoms with Gasteiger partial charge in [0.25, 0.3) is 0 Å². The maximum Gasteiger partial charge on any atom is 0.193 e. The van der Waals surface area contributed by atoms with Crippen molar-refractivity contribution >= 4 is 40.8 Å². The summed E-state index contributed by atoms with van der Waals surface area (Å²) in [6.45, 7) is 5.00. The van der Waals surface area contributed by atoms with Crippen LogP contribution in [0.5, 0.6) is 0 Å². The highest BCUT2D eigenvalue weighted by molar-refractivity contribution is 6.35. The Kier molecular flexibility index (Phi) is 6.95. The van der Waals surface area contributed by atoms with Crippen LogP contribution in [-0.2, 0) is 0 Å². The van der Waals surface area contributed by atoms with Crippen LogP contribution in [0.3, 0.4) is 0 Å². The number of nitrogens with zero attached hydrogens (tertiary/aromatic N) is 5. The summed E-state index contributed by atoms with van der Waals surface area (Å²) in [5, 5.41) is 7.61. The molecule has 2 aromatic heterocycles. The summed E-state index contributed by atoms with van der Waals surface area (Å²) in [5.74, 6) is 2.55. The van der Waals surface area contributed by atoms with Crippen LogP contribution < -0.4 is 15.5 Å². The van der Waals surface area contributed by atoms with E-state index in [1.165, 1.54) is 0 Å². The van der Waals surface area contributed by atoms with Gasteiger partial charge in [0.15, 0.2) is 5.96 Å². The molecule has 0 aromatic carbocycles. The Morgan fingerprint density at radius 2 is 1.96 bits per heavy atom. The van der Waals surface area contributed by atoms with E-state index in [1.807, 2.05) is 24.4 Å². The minimum atomic E-state index is 0.512. The second-order valence-corrected chi connectivity index (χ2v) is 6.89. The molecule has 0 aliphatic carbocycles. The fraction of sp³-hybridized carbons (Fsp3) is 0.389. The average Bonchev–Trinajstić information content (AvgIpc) is 2.70. The molecule has 27 heavy (non-hydrogen) atoms. The van der Waals surface area contributed by atoms with Crippen molar-refractivity contribution in [3.8, 4) is 0 Å². The highest BCUT2D eigenvalue weighted by atomic mass is 35.5. The normalized spacial score (nSPS) is 15.0. The molecule has 0 unspecified atom stereocenters. The van der Waals surface area contributed by atoms with Crippen LogP contribution in [0.2, 0.25) is 10.0 Å². The summed E-state index contributed by atoms with van der Waals surface area (Å²) in [6.07, 6.45) is 3.40. The van der Waals surface area contributed by atoms with E-state index in [0.29, 0.717) is 29.0 Å². The smallest absolute Gasteiger partial charge is 0.193 e. The Labute approximate surface area is 169 Å². The molecule has 1 saturated heterocycles. The molecule has 9 heteroatoms. The molecule has 3 heterocycles. The zero-order valence-corrected chi connectivity index (χ0v) is 16.7. The minimum absolute atomic E-state index is 0.512. The van der Waals surface area contributed by atoms with Gasteiger partial charge in [0.2, 0.25) is 0 Å². The average molecular weight is 408 g/mol. The summed E-state index contributed by atoms with van der Waals surface area (Å²) in [5.41, 5.74) is 0. The van der Waals surface area contributed by atoms with Crippen molar-refractivity contribution in [2.45, 2.75) is 0 Å². The molecule has 0 saturated carbocycles. The first-order valence-electron chi connectivity index (χ1n) is 8.84. The lowest BCUT2D eigenvalue weighted by Gasteiger charge is -2.37. The van der Waals surface area contributed by atoms with Gasteiger partial charge in [0.1, 0.15) is 11.6 Å². The molecule has 7 nitrogen and oxygen atoms in total. The predicted molar refractivity (Wildman–Crippen MR) is 112 cm³/mol. The molecule has 0 radical (unpaired) electrons. The molecule has 2 N–H and O–H groups in total. The topological polar surface area (TPSA) is 68.7 Å². The first-order chi connectivity index (χ1) is 13.2. The van der Waals surface area contributed by atoms with Crippen molar-refractivity contribution in [1.29, 1.82) is 0 Å². The lowest BCUT2D eigenvalue weighted by molar-refractivity contribution is 0.372. The molecule has 3 rings (SSSR count). The second kappa shape index (κ2) is 9.62. The summed E-state index contributed by atoms with van der Waals surface area (Å²) in [6, 6.07) is 7.67. The number of aliphatic imine (C=N–C) groups is 1. The van der Waals surface area contributed by atoms with Gasteiger partial charge >= 0.3 is 0 Å². The van der Waals surface area contributed by atoms with E-state index in [1.54, 1.807) is 19.3 Å². The van der Waals surface area contributed by atoms with E-state index in [0.717, 1.165) is 38.0 Å². The molecular weight excluding hydrogens is 385 g/mol. The quantitative estimate of drug-likeness (QED) is 0.451. The number of anilines is 2. The van der Waals surface area contributed by atoms with E-state index in [2.05, 4.69) is 35.4 Å². The SMILES string of the molecule is CN=C(NCCNc1ncc(Cl)cc1Cl)N1CCN(c2ccccn2)CC1. The van der Waals surface area contributed by atoms with Crippen LogP contribution in [0.4, 0.5) is 11.6 Å². The third-order valence-corrected chi connectivity index (χ3v) is 4.77. The summed E-state index contributed by atoms with van der Waals surface area (Å²) in [7, 11) is 1.80. The van der Waals surface area contributed by atoms with Gasteiger partial charge in [-0.2, -0.15) is 0 Å². The second-order valence-electron chi connectivity index (χ2n) is 6.05. The van der Waals surface area contributed by atoms with Crippen molar-refractivity contribution in [1.82, 2.24) is 20.2 Å². The predicted octanol–water partition coefficient (Wildman–Crippen LogP) is 2.59. The number of hydrogen-bond donors (Lipinski definition) is 2.